The van der Waals surface area contributed by atoms with E-state index in [1.807, 2.05) is 46.2 Å². The highest BCUT2D eigenvalue weighted by Gasteiger charge is 2.49. The van der Waals surface area contributed by atoms with Crippen LogP contribution in [0.3, 0.4) is 0 Å². The SMILES string of the molecule is O=C(CC1(COc2ccccc2)CCCN(C(=O)C2(c3ccccc3F)CCCC2)C1)N1CCCCC1. The van der Waals surface area contributed by atoms with Crippen LogP contribution < -0.4 is 4.74 Å². The van der Waals surface area contributed by atoms with Gasteiger partial charge >= 0.3 is 0 Å². The van der Waals surface area contributed by atoms with E-state index in [1.165, 1.54) is 12.5 Å². The van der Waals surface area contributed by atoms with Crippen LogP contribution >= 0.6 is 0 Å². The average Bonchev–Trinajstić information content (AvgIpc) is 3.44. The fourth-order valence-electron chi connectivity index (χ4n) is 6.75. The number of carbonyl (C=O) groups excluding carboxylic acids is 2. The summed E-state index contributed by atoms with van der Waals surface area (Å²) >= 11 is 0. The minimum atomic E-state index is -0.814. The molecule has 37 heavy (non-hydrogen) atoms. The minimum absolute atomic E-state index is 0.0179. The lowest BCUT2D eigenvalue weighted by atomic mass is 9.73. The maximum atomic E-state index is 15.0. The summed E-state index contributed by atoms with van der Waals surface area (Å²) < 4.78 is 21.3. The number of halogens is 1. The van der Waals surface area contributed by atoms with Crippen molar-refractivity contribution in [3.8, 4) is 5.75 Å². The third-order valence-corrected chi connectivity index (χ3v) is 8.73. The third kappa shape index (κ3) is 5.53. The Morgan fingerprint density at radius 1 is 0.784 bits per heavy atom. The molecule has 1 aliphatic carbocycles. The summed E-state index contributed by atoms with van der Waals surface area (Å²) in [6.07, 6.45) is 8.47. The Hall–Kier alpha value is -2.89. The largest absolute Gasteiger partial charge is 0.493 e. The third-order valence-electron chi connectivity index (χ3n) is 8.73. The lowest BCUT2D eigenvalue weighted by Gasteiger charge is -2.46. The van der Waals surface area contributed by atoms with Crippen molar-refractivity contribution < 1.29 is 18.7 Å². The standard InChI is InChI=1S/C31H39FN2O3/c32-27-15-6-5-14-26(27)31(17-7-8-18-31)29(36)34-21-11-16-30(23-34,24-37-25-12-3-1-4-13-25)22-28(35)33-19-9-2-10-20-33/h1,3-6,12-15H,2,7-11,16-24H2. The molecular formula is C31H39FN2O3. The van der Waals surface area contributed by atoms with Crippen molar-refractivity contribution in [1.82, 2.24) is 9.80 Å². The van der Waals surface area contributed by atoms with Crippen molar-refractivity contribution >= 4 is 11.8 Å². The number of piperidine rings is 2. The van der Waals surface area contributed by atoms with E-state index in [9.17, 15) is 9.59 Å². The second kappa shape index (κ2) is 11.2. The average molecular weight is 507 g/mol. The molecule has 0 aromatic heterocycles. The van der Waals surface area contributed by atoms with Gasteiger partial charge in [0.05, 0.1) is 12.0 Å². The van der Waals surface area contributed by atoms with Crippen LogP contribution in [0, 0.1) is 11.2 Å². The molecule has 2 heterocycles. The van der Waals surface area contributed by atoms with Gasteiger partial charge in [-0.2, -0.15) is 0 Å². The number of ether oxygens (including phenoxy) is 1. The first kappa shape index (κ1) is 25.7. The molecule has 3 fully saturated rings. The number of hydrogen-bond acceptors (Lipinski definition) is 3. The van der Waals surface area contributed by atoms with Crippen LogP contribution in [0.15, 0.2) is 54.6 Å². The number of nitrogens with zero attached hydrogens (tertiary/aromatic N) is 2. The highest BCUT2D eigenvalue weighted by molar-refractivity contribution is 5.89. The van der Waals surface area contributed by atoms with Crippen molar-refractivity contribution in [2.45, 2.75) is 69.6 Å². The summed E-state index contributed by atoms with van der Waals surface area (Å²) in [5.74, 6) is 0.655. The Kier molecular flexibility index (Phi) is 7.82. The first-order valence-corrected chi connectivity index (χ1v) is 14.0. The molecule has 5 rings (SSSR count). The van der Waals surface area contributed by atoms with Crippen LogP contribution in [0.25, 0.3) is 0 Å². The molecule has 6 heteroatoms. The fourth-order valence-corrected chi connectivity index (χ4v) is 6.75. The summed E-state index contributed by atoms with van der Waals surface area (Å²) in [7, 11) is 0. The Labute approximate surface area is 220 Å². The van der Waals surface area contributed by atoms with Crippen LogP contribution in [-0.2, 0) is 15.0 Å². The van der Waals surface area contributed by atoms with E-state index < -0.39 is 10.8 Å². The van der Waals surface area contributed by atoms with Gasteiger partial charge in [-0.15, -0.1) is 0 Å². The Morgan fingerprint density at radius 2 is 1.46 bits per heavy atom. The molecule has 2 aromatic rings. The molecule has 1 unspecified atom stereocenters. The van der Waals surface area contributed by atoms with E-state index in [2.05, 4.69) is 0 Å². The summed E-state index contributed by atoms with van der Waals surface area (Å²) in [4.78, 5) is 31.6. The van der Waals surface area contributed by atoms with E-state index in [0.29, 0.717) is 44.5 Å². The second-order valence-electron chi connectivity index (χ2n) is 11.3. The molecule has 1 saturated carbocycles. The molecule has 5 nitrogen and oxygen atoms in total. The zero-order valence-electron chi connectivity index (χ0n) is 21.8. The first-order valence-electron chi connectivity index (χ1n) is 14.0. The lowest BCUT2D eigenvalue weighted by Crippen LogP contribution is -2.55. The maximum Gasteiger partial charge on any atom is 0.233 e. The quantitative estimate of drug-likeness (QED) is 0.482. The van der Waals surface area contributed by atoms with E-state index in [-0.39, 0.29) is 17.6 Å². The van der Waals surface area contributed by atoms with Gasteiger partial charge in [0.1, 0.15) is 11.6 Å². The Balaban J connectivity index is 1.40. The molecule has 2 amide bonds. The van der Waals surface area contributed by atoms with Gasteiger partial charge in [-0.1, -0.05) is 49.2 Å². The second-order valence-corrected chi connectivity index (χ2v) is 11.3. The number of amides is 2. The molecule has 1 atom stereocenters. The summed E-state index contributed by atoms with van der Waals surface area (Å²) in [5, 5.41) is 0. The van der Waals surface area contributed by atoms with E-state index in [4.69, 9.17) is 4.74 Å². The molecule has 0 spiro atoms. The fraction of sp³-hybridized carbons (Fsp3) is 0.548. The van der Waals surface area contributed by atoms with E-state index in [0.717, 1.165) is 57.4 Å². The molecule has 3 aliphatic rings. The molecule has 0 radical (unpaired) electrons. The monoisotopic (exact) mass is 506 g/mol. The minimum Gasteiger partial charge on any atom is -0.493 e. The van der Waals surface area contributed by atoms with Gasteiger partial charge in [-0.3, -0.25) is 9.59 Å². The van der Waals surface area contributed by atoms with Gasteiger partial charge in [0.15, 0.2) is 0 Å². The summed E-state index contributed by atoms with van der Waals surface area (Å²) in [6.45, 7) is 3.11. The Bertz CT molecular complexity index is 1080. The molecule has 2 aliphatic heterocycles. The van der Waals surface area contributed by atoms with Gasteiger partial charge in [-0.25, -0.2) is 4.39 Å². The van der Waals surface area contributed by atoms with Crippen molar-refractivity contribution in [1.29, 1.82) is 0 Å². The predicted molar refractivity (Wildman–Crippen MR) is 142 cm³/mol. The molecule has 2 aromatic carbocycles. The van der Waals surface area contributed by atoms with Gasteiger partial charge in [0.25, 0.3) is 0 Å². The van der Waals surface area contributed by atoms with Crippen molar-refractivity contribution in [3.05, 3.63) is 66.0 Å². The molecule has 198 valence electrons. The van der Waals surface area contributed by atoms with Crippen LogP contribution in [0.2, 0.25) is 0 Å². The van der Waals surface area contributed by atoms with E-state index >= 15 is 4.39 Å². The number of rotatable bonds is 7. The van der Waals surface area contributed by atoms with Crippen LogP contribution in [-0.4, -0.2) is 54.4 Å². The van der Waals surface area contributed by atoms with E-state index in [1.54, 1.807) is 12.1 Å². The predicted octanol–water partition coefficient (Wildman–Crippen LogP) is 5.73. The van der Waals surface area contributed by atoms with Crippen molar-refractivity contribution in [2.24, 2.45) is 5.41 Å². The van der Waals surface area contributed by atoms with Crippen LogP contribution in [0.1, 0.15) is 69.8 Å². The number of hydrogen-bond donors (Lipinski definition) is 0. The number of likely N-dealkylation sites (tertiary alicyclic amines) is 2. The normalized spacial score (nSPS) is 23.6. The molecule has 2 saturated heterocycles. The van der Waals surface area contributed by atoms with Gasteiger partial charge in [0.2, 0.25) is 11.8 Å². The highest BCUT2D eigenvalue weighted by Crippen LogP contribution is 2.45. The summed E-state index contributed by atoms with van der Waals surface area (Å²) in [5.41, 5.74) is -0.752. The zero-order chi connectivity index (χ0) is 25.7. The Morgan fingerprint density at radius 3 is 2.19 bits per heavy atom. The highest BCUT2D eigenvalue weighted by atomic mass is 19.1. The number of benzene rings is 2. The molecular weight excluding hydrogens is 467 g/mol. The summed E-state index contributed by atoms with van der Waals surface area (Å²) in [6, 6.07) is 16.5. The van der Waals surface area contributed by atoms with Crippen molar-refractivity contribution in [2.75, 3.05) is 32.8 Å². The first-order chi connectivity index (χ1) is 18.0. The van der Waals surface area contributed by atoms with Crippen LogP contribution in [0.4, 0.5) is 4.39 Å². The topological polar surface area (TPSA) is 49.9 Å². The van der Waals surface area contributed by atoms with Gasteiger partial charge < -0.3 is 14.5 Å². The smallest absolute Gasteiger partial charge is 0.233 e. The van der Waals surface area contributed by atoms with Crippen molar-refractivity contribution in [3.63, 3.8) is 0 Å². The van der Waals surface area contributed by atoms with Gasteiger partial charge in [0, 0.05) is 43.6 Å². The number of carbonyl (C=O) groups is 2. The van der Waals surface area contributed by atoms with Crippen LogP contribution in [0.5, 0.6) is 5.75 Å². The molecule has 0 bridgehead atoms. The number of para-hydroxylation sites is 1. The molecule has 0 N–H and O–H groups in total. The maximum absolute atomic E-state index is 15.0. The zero-order valence-corrected chi connectivity index (χ0v) is 21.8. The van der Waals surface area contributed by atoms with Gasteiger partial charge in [-0.05, 0) is 63.1 Å². The lowest BCUT2D eigenvalue weighted by molar-refractivity contribution is -0.145.